The van der Waals surface area contributed by atoms with Crippen LogP contribution in [0.3, 0.4) is 0 Å². The van der Waals surface area contributed by atoms with Crippen LogP contribution >= 0.6 is 0 Å². The molecule has 0 fully saturated rings. The van der Waals surface area contributed by atoms with Crippen molar-refractivity contribution in [2.24, 2.45) is 5.10 Å². The summed E-state index contributed by atoms with van der Waals surface area (Å²) in [7, 11) is -3.41. The number of nitrogens with zero attached hydrogens (tertiary/aromatic N) is 2. The molecule has 11 nitrogen and oxygen atoms in total. The van der Waals surface area contributed by atoms with Gasteiger partial charge >= 0.3 is 5.91 Å². The van der Waals surface area contributed by atoms with Gasteiger partial charge in [-0.2, -0.15) is 5.01 Å². The maximum atomic E-state index is 13.9. The van der Waals surface area contributed by atoms with Crippen molar-refractivity contribution < 1.29 is 27.5 Å². The first-order valence-corrected chi connectivity index (χ1v) is 15.8. The Morgan fingerprint density at radius 1 is 0.844 bits per heavy atom. The van der Waals surface area contributed by atoms with Gasteiger partial charge in [-0.05, 0) is 67.1 Å². The van der Waals surface area contributed by atoms with Crippen molar-refractivity contribution in [2.75, 3.05) is 22.7 Å². The lowest BCUT2D eigenvalue weighted by atomic mass is 10.1. The first kappa shape index (κ1) is 31.0. The molecule has 4 aromatic rings. The predicted molar refractivity (Wildman–Crippen MR) is 170 cm³/mol. The third-order valence-corrected chi connectivity index (χ3v) is 8.63. The number of nitrogens with one attached hydrogen (secondary N) is 3. The van der Waals surface area contributed by atoms with Crippen LogP contribution in [0.25, 0.3) is 0 Å². The third-order valence-electron chi connectivity index (χ3n) is 6.82. The Balaban J connectivity index is 1.31. The predicted octanol–water partition coefficient (Wildman–Crippen LogP) is 3.96. The maximum absolute atomic E-state index is 13.9. The maximum Gasteiger partial charge on any atom is 0.302 e. The Kier molecular flexibility index (Phi) is 9.24. The van der Waals surface area contributed by atoms with Crippen molar-refractivity contribution in [1.82, 2.24) is 10.6 Å². The largest absolute Gasteiger partial charge is 0.494 e. The first-order chi connectivity index (χ1) is 21.7. The van der Waals surface area contributed by atoms with Crippen molar-refractivity contribution in [3.05, 3.63) is 121 Å². The number of rotatable bonds is 11. The average Bonchev–Trinajstić information content (AvgIpc) is 3.30. The summed E-state index contributed by atoms with van der Waals surface area (Å²) in [5.41, 5.74) is -0.732. The fourth-order valence-corrected chi connectivity index (χ4v) is 5.97. The normalized spacial score (nSPS) is 16.1. The number of ether oxygens (including phenoxy) is 1. The molecule has 230 valence electrons. The van der Waals surface area contributed by atoms with Crippen LogP contribution in [-0.4, -0.2) is 50.0 Å². The Labute approximate surface area is 260 Å². The summed E-state index contributed by atoms with van der Waals surface area (Å²) in [4.78, 5) is 40.0. The molecule has 45 heavy (non-hydrogen) atoms. The number of benzene rings is 4. The van der Waals surface area contributed by atoms with Gasteiger partial charge < -0.3 is 20.7 Å². The monoisotopic (exact) mass is 625 g/mol. The van der Waals surface area contributed by atoms with E-state index in [1.54, 1.807) is 103 Å². The molecule has 1 unspecified atom stereocenters. The molecule has 1 aliphatic heterocycles. The Morgan fingerprint density at radius 2 is 1.44 bits per heavy atom. The summed E-state index contributed by atoms with van der Waals surface area (Å²) in [5, 5.41) is 14.0. The molecule has 1 atom stereocenters. The summed E-state index contributed by atoms with van der Waals surface area (Å²) in [6, 6.07) is 31.9. The van der Waals surface area contributed by atoms with Gasteiger partial charge in [0.1, 0.15) is 5.75 Å². The number of anilines is 2. The molecule has 0 spiro atoms. The van der Waals surface area contributed by atoms with Crippen LogP contribution in [0.1, 0.15) is 23.7 Å². The van der Waals surface area contributed by atoms with Crippen molar-refractivity contribution in [3.63, 3.8) is 0 Å². The molecule has 3 N–H and O–H groups in total. The summed E-state index contributed by atoms with van der Waals surface area (Å²) in [5.74, 6) is -1.47. The minimum Gasteiger partial charge on any atom is -0.494 e. The molecule has 12 heteroatoms. The first-order valence-electron chi connectivity index (χ1n) is 14.1. The van der Waals surface area contributed by atoms with Crippen molar-refractivity contribution >= 4 is 44.8 Å². The fraction of sp³-hybridized carbons (Fsp3) is 0.152. The molecule has 5 rings (SSSR count). The molecule has 3 amide bonds. The zero-order chi connectivity index (χ0) is 31.9. The van der Waals surface area contributed by atoms with Gasteiger partial charge in [-0.15, -0.1) is 5.10 Å². The quantitative estimate of drug-likeness (QED) is 0.169. The molecule has 1 heterocycles. The van der Waals surface area contributed by atoms with E-state index in [9.17, 15) is 22.8 Å². The molecule has 0 saturated carbocycles. The summed E-state index contributed by atoms with van der Waals surface area (Å²) in [6.07, 6.45) is 0.283. The number of amidine groups is 1. The van der Waals surface area contributed by atoms with Crippen LogP contribution in [0.2, 0.25) is 0 Å². The highest BCUT2D eigenvalue weighted by Gasteiger charge is 2.54. The Bertz CT molecular complexity index is 1800. The molecule has 0 bridgehead atoms. The fourth-order valence-electron chi connectivity index (χ4n) is 4.67. The summed E-state index contributed by atoms with van der Waals surface area (Å²) in [6.45, 7) is 1.43. The van der Waals surface area contributed by atoms with E-state index >= 15 is 0 Å². The van der Waals surface area contributed by atoms with E-state index in [1.165, 1.54) is 19.1 Å². The van der Waals surface area contributed by atoms with Crippen LogP contribution in [0.15, 0.2) is 125 Å². The lowest BCUT2D eigenvalue weighted by Crippen LogP contribution is -2.67. The van der Waals surface area contributed by atoms with E-state index in [0.717, 1.165) is 5.01 Å². The molecule has 0 radical (unpaired) electrons. The minimum atomic E-state index is -3.41. The molecule has 0 saturated heterocycles. The van der Waals surface area contributed by atoms with Crippen molar-refractivity contribution in [3.8, 4) is 5.75 Å². The molecular formula is C33H31N5O6S. The number of hydrogen-bond acceptors (Lipinski definition) is 8. The highest BCUT2D eigenvalue weighted by atomic mass is 32.2. The summed E-state index contributed by atoms with van der Waals surface area (Å²) < 4.78 is 30.6. The lowest BCUT2D eigenvalue weighted by Gasteiger charge is -2.31. The average molecular weight is 626 g/mol. The van der Waals surface area contributed by atoms with Crippen molar-refractivity contribution in [2.45, 2.75) is 23.9 Å². The Hall–Kier alpha value is -5.49. The second-order valence-corrected chi connectivity index (χ2v) is 12.2. The molecule has 1 aliphatic rings. The van der Waals surface area contributed by atoms with Gasteiger partial charge in [0, 0.05) is 18.2 Å². The van der Waals surface area contributed by atoms with E-state index in [1.807, 2.05) is 0 Å². The number of hydrogen-bond donors (Lipinski definition) is 3. The zero-order valence-electron chi connectivity index (χ0n) is 24.3. The standard InChI is InChI=1S/C33H31N5O6S/c1-24(39)35-33(36-26-12-5-2-6-13-26)31(37-38(32(33)41)27-14-7-3-8-15-27)34-30(40)25-18-20-28(21-19-25)44-22-11-23-45(42,43)29-16-9-4-10-17-29/h2-10,12-21,36H,11,22-23H2,1H3,(H,35,39)(H,34,37,40). The second-order valence-electron chi connectivity index (χ2n) is 10.1. The Morgan fingerprint density at radius 3 is 2.07 bits per heavy atom. The van der Waals surface area contributed by atoms with Crippen LogP contribution in [0.4, 0.5) is 11.4 Å². The van der Waals surface area contributed by atoms with Gasteiger partial charge in [0.25, 0.3) is 11.6 Å². The van der Waals surface area contributed by atoms with Gasteiger partial charge in [0.2, 0.25) is 5.91 Å². The van der Waals surface area contributed by atoms with Crippen LogP contribution in [0, 0.1) is 0 Å². The minimum absolute atomic E-state index is 0.0641. The van der Waals surface area contributed by atoms with Crippen LogP contribution in [-0.2, 0) is 19.4 Å². The van der Waals surface area contributed by atoms with Gasteiger partial charge in [-0.25, -0.2) is 8.42 Å². The second kappa shape index (κ2) is 13.4. The summed E-state index contributed by atoms with van der Waals surface area (Å²) >= 11 is 0. The number of carbonyl (C=O) groups is 3. The number of amides is 3. The van der Waals surface area contributed by atoms with Gasteiger partial charge in [0.15, 0.2) is 15.7 Å². The van der Waals surface area contributed by atoms with E-state index in [2.05, 4.69) is 21.1 Å². The van der Waals surface area contributed by atoms with E-state index in [4.69, 9.17) is 4.74 Å². The van der Waals surface area contributed by atoms with Gasteiger partial charge in [-0.3, -0.25) is 14.4 Å². The molecule has 0 aliphatic carbocycles. The molecule has 4 aromatic carbocycles. The highest BCUT2D eigenvalue weighted by Crippen LogP contribution is 2.28. The molecular weight excluding hydrogens is 594 g/mol. The van der Waals surface area contributed by atoms with Crippen molar-refractivity contribution in [1.29, 1.82) is 0 Å². The number of para-hydroxylation sites is 2. The number of carbonyl (C=O) groups excluding carboxylic acids is 3. The van der Waals surface area contributed by atoms with E-state index in [-0.39, 0.29) is 35.1 Å². The smallest absolute Gasteiger partial charge is 0.302 e. The topological polar surface area (TPSA) is 146 Å². The van der Waals surface area contributed by atoms with Crippen LogP contribution in [0.5, 0.6) is 5.75 Å². The number of hydrazone groups is 1. The van der Waals surface area contributed by atoms with E-state index < -0.39 is 33.2 Å². The molecule has 0 aromatic heterocycles. The third kappa shape index (κ3) is 7.19. The van der Waals surface area contributed by atoms with Crippen LogP contribution < -0.4 is 25.7 Å². The van der Waals surface area contributed by atoms with E-state index in [0.29, 0.717) is 17.1 Å². The number of sulfone groups is 1. The van der Waals surface area contributed by atoms with Gasteiger partial charge in [-0.1, -0.05) is 54.6 Å². The van der Waals surface area contributed by atoms with Gasteiger partial charge in [0.05, 0.1) is 22.9 Å². The zero-order valence-corrected chi connectivity index (χ0v) is 25.2. The SMILES string of the molecule is CC(=O)NC1(Nc2ccccc2)C(=O)N(c2ccccc2)N=C1NC(=O)c1ccc(OCCCS(=O)(=O)c2ccccc2)cc1. The lowest BCUT2D eigenvalue weighted by molar-refractivity contribution is -0.127. The highest BCUT2D eigenvalue weighted by molar-refractivity contribution is 7.91.